The van der Waals surface area contributed by atoms with Gasteiger partial charge in [-0.05, 0) is 20.1 Å². The second kappa shape index (κ2) is 5.68. The standard InChI is InChI=1S/C12H14N4O4S/c1-5-8(10(21-3)15-12(20)13-5)11(19)16-4-7(17)14-9(18)6(16)2/h6H,4H2,1-3H3,(H,13,15,20)(H,14,17,18). The van der Waals surface area contributed by atoms with Crippen LogP contribution < -0.4 is 11.0 Å². The number of piperazine rings is 1. The van der Waals surface area contributed by atoms with Crippen LogP contribution in [0.15, 0.2) is 9.82 Å². The minimum Gasteiger partial charge on any atom is -0.317 e. The highest BCUT2D eigenvalue weighted by atomic mass is 32.2. The van der Waals surface area contributed by atoms with E-state index in [2.05, 4.69) is 15.3 Å². The molecular weight excluding hydrogens is 296 g/mol. The smallest absolute Gasteiger partial charge is 0.317 e. The third-order valence-electron chi connectivity index (χ3n) is 3.18. The fraction of sp³-hybridized carbons (Fsp3) is 0.417. The average molecular weight is 310 g/mol. The van der Waals surface area contributed by atoms with E-state index in [1.165, 1.54) is 11.8 Å². The van der Waals surface area contributed by atoms with E-state index < -0.39 is 29.5 Å². The number of amides is 3. The zero-order valence-electron chi connectivity index (χ0n) is 11.7. The molecule has 21 heavy (non-hydrogen) atoms. The van der Waals surface area contributed by atoms with Gasteiger partial charge >= 0.3 is 5.69 Å². The number of hydrogen-bond acceptors (Lipinski definition) is 6. The van der Waals surface area contributed by atoms with Crippen LogP contribution in [0.4, 0.5) is 0 Å². The lowest BCUT2D eigenvalue weighted by atomic mass is 10.1. The molecule has 0 bridgehead atoms. The van der Waals surface area contributed by atoms with E-state index in [0.29, 0.717) is 5.69 Å². The van der Waals surface area contributed by atoms with Crippen LogP contribution in [0.1, 0.15) is 23.0 Å². The lowest BCUT2D eigenvalue weighted by Crippen LogP contribution is -2.58. The Kier molecular flexibility index (Phi) is 4.12. The van der Waals surface area contributed by atoms with E-state index in [9.17, 15) is 19.2 Å². The summed E-state index contributed by atoms with van der Waals surface area (Å²) in [6.45, 7) is 2.90. The third kappa shape index (κ3) is 2.82. The number of aromatic nitrogens is 2. The highest BCUT2D eigenvalue weighted by Crippen LogP contribution is 2.21. The Labute approximate surface area is 124 Å². The Hall–Kier alpha value is -2.16. The largest absolute Gasteiger partial charge is 0.346 e. The van der Waals surface area contributed by atoms with Crippen molar-refractivity contribution in [2.45, 2.75) is 24.9 Å². The summed E-state index contributed by atoms with van der Waals surface area (Å²) in [5, 5.41) is 2.44. The van der Waals surface area contributed by atoms with Crippen molar-refractivity contribution in [2.75, 3.05) is 12.8 Å². The molecule has 112 valence electrons. The fourth-order valence-electron chi connectivity index (χ4n) is 2.06. The topological polar surface area (TPSA) is 112 Å². The number of aromatic amines is 1. The number of rotatable bonds is 2. The van der Waals surface area contributed by atoms with Gasteiger partial charge in [0, 0.05) is 5.69 Å². The monoisotopic (exact) mass is 310 g/mol. The predicted octanol–water partition coefficient (Wildman–Crippen LogP) is -0.713. The molecule has 2 rings (SSSR count). The molecule has 1 fully saturated rings. The molecule has 1 aromatic heterocycles. The van der Waals surface area contributed by atoms with Crippen LogP contribution in [0, 0.1) is 6.92 Å². The Morgan fingerprint density at radius 2 is 2.05 bits per heavy atom. The first kappa shape index (κ1) is 15.2. The van der Waals surface area contributed by atoms with Crippen LogP contribution >= 0.6 is 11.8 Å². The van der Waals surface area contributed by atoms with E-state index >= 15 is 0 Å². The highest BCUT2D eigenvalue weighted by molar-refractivity contribution is 7.98. The quantitative estimate of drug-likeness (QED) is 0.424. The van der Waals surface area contributed by atoms with Crippen molar-refractivity contribution in [2.24, 2.45) is 0 Å². The minimum absolute atomic E-state index is 0.205. The average Bonchev–Trinajstić information content (AvgIpc) is 2.41. The molecule has 2 heterocycles. The van der Waals surface area contributed by atoms with Crippen molar-refractivity contribution in [1.29, 1.82) is 0 Å². The van der Waals surface area contributed by atoms with Gasteiger partial charge in [-0.2, -0.15) is 4.98 Å². The molecule has 0 aromatic carbocycles. The molecule has 1 saturated heterocycles. The Morgan fingerprint density at radius 1 is 1.38 bits per heavy atom. The lowest BCUT2D eigenvalue weighted by Gasteiger charge is -2.32. The number of thioether (sulfide) groups is 1. The maximum atomic E-state index is 12.6. The van der Waals surface area contributed by atoms with Gasteiger partial charge in [0.2, 0.25) is 11.8 Å². The van der Waals surface area contributed by atoms with Crippen molar-refractivity contribution in [3.05, 3.63) is 21.7 Å². The van der Waals surface area contributed by atoms with E-state index in [0.717, 1.165) is 11.8 Å². The van der Waals surface area contributed by atoms with Crippen LogP contribution in [0.2, 0.25) is 0 Å². The molecule has 1 unspecified atom stereocenters. The number of imide groups is 1. The van der Waals surface area contributed by atoms with Crippen LogP contribution in [-0.2, 0) is 9.59 Å². The van der Waals surface area contributed by atoms with E-state index in [4.69, 9.17) is 0 Å². The Morgan fingerprint density at radius 3 is 2.67 bits per heavy atom. The van der Waals surface area contributed by atoms with Gasteiger partial charge in [0.25, 0.3) is 5.91 Å². The second-order valence-electron chi connectivity index (χ2n) is 4.57. The van der Waals surface area contributed by atoms with Gasteiger partial charge in [-0.25, -0.2) is 4.79 Å². The molecule has 1 aliphatic rings. The van der Waals surface area contributed by atoms with Gasteiger partial charge < -0.3 is 9.88 Å². The van der Waals surface area contributed by atoms with Crippen LogP contribution in [0.25, 0.3) is 0 Å². The van der Waals surface area contributed by atoms with Gasteiger partial charge in [-0.1, -0.05) is 0 Å². The number of hydrogen-bond donors (Lipinski definition) is 2. The first-order chi connectivity index (χ1) is 9.85. The molecule has 1 aliphatic heterocycles. The van der Waals surface area contributed by atoms with E-state index in [1.807, 2.05) is 0 Å². The molecule has 0 saturated carbocycles. The maximum Gasteiger partial charge on any atom is 0.346 e. The van der Waals surface area contributed by atoms with Gasteiger partial charge in [0.05, 0.1) is 5.56 Å². The van der Waals surface area contributed by atoms with Crippen molar-refractivity contribution in [3.8, 4) is 0 Å². The molecule has 0 aliphatic carbocycles. The Bertz CT molecular complexity index is 684. The molecule has 2 N–H and O–H groups in total. The van der Waals surface area contributed by atoms with Gasteiger partial charge in [-0.15, -0.1) is 11.8 Å². The molecule has 0 radical (unpaired) electrons. The zero-order chi connectivity index (χ0) is 15.7. The summed E-state index contributed by atoms with van der Waals surface area (Å²) in [4.78, 5) is 54.5. The molecule has 8 nitrogen and oxygen atoms in total. The zero-order valence-corrected chi connectivity index (χ0v) is 12.5. The second-order valence-corrected chi connectivity index (χ2v) is 5.37. The highest BCUT2D eigenvalue weighted by Gasteiger charge is 2.35. The maximum absolute atomic E-state index is 12.6. The first-order valence-electron chi connectivity index (χ1n) is 6.14. The van der Waals surface area contributed by atoms with Crippen LogP contribution in [0.3, 0.4) is 0 Å². The first-order valence-corrected chi connectivity index (χ1v) is 7.37. The van der Waals surface area contributed by atoms with Crippen LogP contribution in [-0.4, -0.2) is 51.4 Å². The fourth-order valence-corrected chi connectivity index (χ4v) is 2.68. The predicted molar refractivity (Wildman–Crippen MR) is 75.0 cm³/mol. The summed E-state index contributed by atoms with van der Waals surface area (Å²) in [5.74, 6) is -1.57. The number of nitrogens with one attached hydrogen (secondary N) is 2. The third-order valence-corrected chi connectivity index (χ3v) is 3.86. The van der Waals surface area contributed by atoms with Crippen molar-refractivity contribution in [3.63, 3.8) is 0 Å². The molecule has 9 heteroatoms. The summed E-state index contributed by atoms with van der Waals surface area (Å²) < 4.78 is 0. The lowest BCUT2D eigenvalue weighted by molar-refractivity contribution is -0.138. The summed E-state index contributed by atoms with van der Waals surface area (Å²) in [6.07, 6.45) is 1.69. The van der Waals surface area contributed by atoms with Crippen molar-refractivity contribution < 1.29 is 14.4 Å². The SMILES string of the molecule is CSc1nc(=O)[nH]c(C)c1C(=O)N1CC(=O)NC(=O)C1C. The number of nitrogens with zero attached hydrogens (tertiary/aromatic N) is 2. The van der Waals surface area contributed by atoms with Gasteiger partial charge in [-0.3, -0.25) is 19.7 Å². The molecular formula is C12H14N4O4S. The van der Waals surface area contributed by atoms with Gasteiger partial charge in [0.15, 0.2) is 0 Å². The van der Waals surface area contributed by atoms with Gasteiger partial charge in [0.1, 0.15) is 17.6 Å². The number of H-pyrrole nitrogens is 1. The minimum atomic E-state index is -0.767. The van der Waals surface area contributed by atoms with E-state index in [1.54, 1.807) is 13.2 Å². The summed E-state index contributed by atoms with van der Waals surface area (Å²) >= 11 is 1.15. The summed E-state index contributed by atoms with van der Waals surface area (Å²) in [5.41, 5.74) is 0.0142. The summed E-state index contributed by atoms with van der Waals surface area (Å²) in [7, 11) is 0. The van der Waals surface area contributed by atoms with Crippen LogP contribution in [0.5, 0.6) is 0 Å². The molecule has 0 spiro atoms. The number of aryl methyl sites for hydroxylation is 1. The number of carbonyl (C=O) groups excluding carboxylic acids is 3. The van der Waals surface area contributed by atoms with Crippen molar-refractivity contribution in [1.82, 2.24) is 20.2 Å². The van der Waals surface area contributed by atoms with E-state index in [-0.39, 0.29) is 17.1 Å². The summed E-state index contributed by atoms with van der Waals surface area (Å²) in [6, 6.07) is -0.767. The molecule has 1 aromatic rings. The Balaban J connectivity index is 2.47. The van der Waals surface area contributed by atoms with Crippen molar-refractivity contribution >= 4 is 29.5 Å². The molecule has 1 atom stereocenters. The molecule has 3 amide bonds. The normalized spacial score (nSPS) is 18.6. The number of carbonyl (C=O) groups is 3.